The fourth-order valence-electron chi connectivity index (χ4n) is 6.60. The highest BCUT2D eigenvalue weighted by molar-refractivity contribution is 6.48. The number of ketones is 1. The molecule has 5 rings (SSSR count). The van der Waals surface area contributed by atoms with Crippen molar-refractivity contribution >= 4 is 18.9 Å². The van der Waals surface area contributed by atoms with Crippen molar-refractivity contribution in [3.63, 3.8) is 0 Å². The number of hydrogen-bond acceptors (Lipinski definition) is 7. The van der Waals surface area contributed by atoms with Crippen LogP contribution >= 0.6 is 0 Å². The maximum absolute atomic E-state index is 12.9. The van der Waals surface area contributed by atoms with Gasteiger partial charge in [-0.2, -0.15) is 0 Å². The minimum absolute atomic E-state index is 0.0287. The summed E-state index contributed by atoms with van der Waals surface area (Å²) in [6.45, 7) is 12.0. The number of azide groups is 1. The highest BCUT2D eigenvalue weighted by Crippen LogP contribution is 2.66. The molecule has 0 aromatic heterocycles. The second kappa shape index (κ2) is 9.97. The maximum atomic E-state index is 12.9. The number of benzene rings is 1. The van der Waals surface area contributed by atoms with Crippen molar-refractivity contribution in [1.29, 1.82) is 0 Å². The van der Waals surface area contributed by atoms with Crippen LogP contribution < -0.4 is 4.74 Å². The van der Waals surface area contributed by atoms with E-state index < -0.39 is 24.3 Å². The SMILES string of the molecule is COc1c(C[C@H](CC(=O)CN=[N+]=[N-])B2O[C@@H]3C[C@@H]4C[C@@H](C4(C)C)[C@]3(C)O2)cccc1C(=O)OC(C)(C)C. The third-order valence-corrected chi connectivity index (χ3v) is 8.56. The number of hydrogen-bond donors (Lipinski definition) is 0. The predicted octanol–water partition coefficient (Wildman–Crippen LogP) is 5.56. The largest absolute Gasteiger partial charge is 0.496 e. The standard InChI is InChI=1S/C27H38BN3O6/c1-25(2,3)35-24(33)20-10-8-9-16(23(20)34-7)11-18(14-19(32)15-30-31-29)28-36-22-13-17-12-21(26(17,4)5)27(22,6)37-28/h8-10,17-18,21-22H,11-15H2,1-7H3/t17-,18+,21-,22+,27-/m0/s1. The Kier molecular flexibility index (Phi) is 7.41. The van der Waals surface area contributed by atoms with E-state index in [2.05, 4.69) is 30.8 Å². The first kappa shape index (κ1) is 27.5. The van der Waals surface area contributed by atoms with Crippen molar-refractivity contribution in [2.45, 2.75) is 90.3 Å². The van der Waals surface area contributed by atoms with Gasteiger partial charge in [0, 0.05) is 17.1 Å². The van der Waals surface area contributed by atoms with Gasteiger partial charge in [0.05, 0.1) is 25.4 Å². The van der Waals surface area contributed by atoms with Crippen LogP contribution in [0.2, 0.25) is 5.82 Å². The quantitative estimate of drug-likeness (QED) is 0.141. The molecule has 1 aliphatic heterocycles. The van der Waals surface area contributed by atoms with Gasteiger partial charge < -0.3 is 18.8 Å². The Balaban J connectivity index is 1.62. The predicted molar refractivity (Wildman–Crippen MR) is 139 cm³/mol. The highest BCUT2D eigenvalue weighted by atomic mass is 16.7. The molecule has 200 valence electrons. The van der Waals surface area contributed by atoms with Gasteiger partial charge in [0.1, 0.15) is 22.7 Å². The molecule has 1 aromatic rings. The van der Waals surface area contributed by atoms with Gasteiger partial charge in [-0.15, -0.1) is 0 Å². The van der Waals surface area contributed by atoms with E-state index in [1.165, 1.54) is 7.11 Å². The van der Waals surface area contributed by atoms with Gasteiger partial charge in [-0.25, -0.2) is 4.79 Å². The fourth-order valence-corrected chi connectivity index (χ4v) is 6.60. The van der Waals surface area contributed by atoms with Gasteiger partial charge in [0.25, 0.3) is 0 Å². The summed E-state index contributed by atoms with van der Waals surface area (Å²) in [6.07, 6.45) is 2.53. The molecule has 0 N–H and O–H groups in total. The van der Waals surface area contributed by atoms with Gasteiger partial charge in [-0.05, 0) is 81.4 Å². The van der Waals surface area contributed by atoms with Crippen LogP contribution in [0, 0.1) is 17.3 Å². The Labute approximate surface area is 219 Å². The molecule has 3 aliphatic carbocycles. The first-order chi connectivity index (χ1) is 17.3. The second-order valence-electron chi connectivity index (χ2n) is 12.4. The number of carbonyl (C=O) groups excluding carboxylic acids is 2. The van der Waals surface area contributed by atoms with Gasteiger partial charge in [-0.3, -0.25) is 4.79 Å². The summed E-state index contributed by atoms with van der Waals surface area (Å²) >= 11 is 0. The van der Waals surface area contributed by atoms with Gasteiger partial charge >= 0.3 is 13.1 Å². The van der Waals surface area contributed by atoms with E-state index >= 15 is 0 Å². The van der Waals surface area contributed by atoms with E-state index in [1.54, 1.807) is 12.1 Å². The molecule has 5 atom stereocenters. The molecule has 2 bridgehead atoms. The number of methoxy groups -OCH3 is 1. The molecule has 9 nitrogen and oxygen atoms in total. The average Bonchev–Trinajstić information content (AvgIpc) is 3.18. The summed E-state index contributed by atoms with van der Waals surface area (Å²) in [6, 6.07) is 5.33. The molecule has 1 aromatic carbocycles. The molecule has 0 unspecified atom stereocenters. The highest BCUT2D eigenvalue weighted by Gasteiger charge is 2.68. The molecule has 0 amide bonds. The van der Waals surface area contributed by atoms with Crippen molar-refractivity contribution in [3.05, 3.63) is 39.8 Å². The Morgan fingerprint density at radius 1 is 1.27 bits per heavy atom. The number of carbonyl (C=O) groups is 2. The molecule has 0 spiro atoms. The van der Waals surface area contributed by atoms with Gasteiger partial charge in [0.2, 0.25) is 0 Å². The van der Waals surface area contributed by atoms with Gasteiger partial charge in [0.15, 0.2) is 0 Å². The first-order valence-corrected chi connectivity index (χ1v) is 13.0. The van der Waals surface area contributed by atoms with E-state index in [9.17, 15) is 9.59 Å². The number of para-hydroxylation sites is 1. The molecule has 4 aliphatic rings. The molecule has 37 heavy (non-hydrogen) atoms. The summed E-state index contributed by atoms with van der Waals surface area (Å²) in [5, 5.41) is 3.45. The number of ether oxygens (including phenoxy) is 2. The van der Waals surface area contributed by atoms with Crippen LogP contribution in [0.15, 0.2) is 23.3 Å². The topological polar surface area (TPSA) is 120 Å². The normalized spacial score (nSPS) is 28.4. The second-order valence-corrected chi connectivity index (χ2v) is 12.4. The lowest BCUT2D eigenvalue weighted by Gasteiger charge is -2.64. The molecule has 1 heterocycles. The van der Waals surface area contributed by atoms with E-state index in [4.69, 9.17) is 24.3 Å². The van der Waals surface area contributed by atoms with Crippen LogP contribution in [0.4, 0.5) is 0 Å². The molecular weight excluding hydrogens is 473 g/mol. The van der Waals surface area contributed by atoms with Crippen molar-refractivity contribution in [2.24, 2.45) is 22.4 Å². The maximum Gasteiger partial charge on any atom is 0.461 e. The summed E-state index contributed by atoms with van der Waals surface area (Å²) in [5.41, 5.74) is 8.88. The minimum Gasteiger partial charge on any atom is -0.496 e. The minimum atomic E-state index is -0.653. The van der Waals surface area contributed by atoms with Crippen LogP contribution in [0.3, 0.4) is 0 Å². The third-order valence-electron chi connectivity index (χ3n) is 8.56. The van der Waals surface area contributed by atoms with Crippen LogP contribution in [0.1, 0.15) is 76.7 Å². The lowest BCUT2D eigenvalue weighted by atomic mass is 9.43. The van der Waals surface area contributed by atoms with Gasteiger partial charge in [-0.1, -0.05) is 31.1 Å². The number of rotatable bonds is 9. The van der Waals surface area contributed by atoms with Crippen LogP contribution in [0.25, 0.3) is 10.4 Å². The molecule has 0 radical (unpaired) electrons. The zero-order valence-electron chi connectivity index (χ0n) is 22.9. The fraction of sp³-hybridized carbons (Fsp3) is 0.704. The zero-order chi connectivity index (χ0) is 27.2. The summed E-state index contributed by atoms with van der Waals surface area (Å²) in [4.78, 5) is 28.4. The Bertz CT molecular complexity index is 1110. The molecule has 3 saturated carbocycles. The van der Waals surface area contributed by atoms with E-state index in [1.807, 2.05) is 26.8 Å². The lowest BCUT2D eigenvalue weighted by molar-refractivity contribution is -0.199. The Morgan fingerprint density at radius 3 is 2.62 bits per heavy atom. The zero-order valence-corrected chi connectivity index (χ0v) is 22.9. The number of nitrogens with zero attached hydrogens (tertiary/aromatic N) is 3. The van der Waals surface area contributed by atoms with Crippen LogP contribution in [-0.2, 0) is 25.3 Å². The summed E-state index contributed by atoms with van der Waals surface area (Å²) < 4.78 is 24.5. The third kappa shape index (κ3) is 5.24. The average molecular weight is 511 g/mol. The van der Waals surface area contributed by atoms with Crippen molar-refractivity contribution < 1.29 is 28.4 Å². The number of Topliss-reactive ketones (excluding diaryl/α,β-unsaturated/α-hetero) is 1. The summed E-state index contributed by atoms with van der Waals surface area (Å²) in [7, 11) is 0.914. The number of esters is 1. The Hall–Kier alpha value is -2.55. The molecule has 4 fully saturated rings. The first-order valence-electron chi connectivity index (χ1n) is 13.0. The van der Waals surface area contributed by atoms with Crippen molar-refractivity contribution in [2.75, 3.05) is 13.7 Å². The lowest BCUT2D eigenvalue weighted by Crippen LogP contribution is -2.65. The Morgan fingerprint density at radius 2 is 2.00 bits per heavy atom. The smallest absolute Gasteiger partial charge is 0.461 e. The van der Waals surface area contributed by atoms with E-state index in [0.717, 1.165) is 18.4 Å². The van der Waals surface area contributed by atoms with Crippen LogP contribution in [-0.4, -0.2) is 49.8 Å². The van der Waals surface area contributed by atoms with Crippen molar-refractivity contribution in [3.8, 4) is 5.75 Å². The molecular formula is C27H38BN3O6. The van der Waals surface area contributed by atoms with E-state index in [-0.39, 0.29) is 36.1 Å². The van der Waals surface area contributed by atoms with Crippen LogP contribution in [0.5, 0.6) is 5.75 Å². The van der Waals surface area contributed by atoms with E-state index in [0.29, 0.717) is 29.6 Å². The monoisotopic (exact) mass is 511 g/mol. The molecule has 10 heteroatoms. The molecule has 1 saturated heterocycles. The van der Waals surface area contributed by atoms with Crippen molar-refractivity contribution in [1.82, 2.24) is 0 Å². The summed E-state index contributed by atoms with van der Waals surface area (Å²) in [5.74, 6) is 0.381.